The average molecular weight is 270 g/mol. The van der Waals surface area contributed by atoms with Gasteiger partial charge in [0.2, 0.25) is 0 Å². The lowest BCUT2D eigenvalue weighted by atomic mass is 9.88. The molecule has 5 heteroatoms. The number of pyridine rings is 1. The van der Waals surface area contributed by atoms with Crippen LogP contribution in [0.25, 0.3) is 0 Å². The maximum Gasteiger partial charge on any atom is 0.272 e. The normalized spacial score (nSPS) is 23.3. The van der Waals surface area contributed by atoms with Gasteiger partial charge in [-0.1, -0.05) is 19.9 Å². The predicted molar refractivity (Wildman–Crippen MR) is 74.7 cm³/mol. The fraction of sp³-hybridized carbons (Fsp3) is 0.538. The summed E-state index contributed by atoms with van der Waals surface area (Å²) in [5.74, 6) is 1.63. The first kappa shape index (κ1) is 14.8. The molecule has 1 aromatic rings. The highest BCUT2D eigenvalue weighted by Crippen LogP contribution is 2.23. The summed E-state index contributed by atoms with van der Waals surface area (Å²) in [4.78, 5) is 18.2. The number of halogens is 1. The second kappa shape index (κ2) is 6.05. The zero-order valence-corrected chi connectivity index (χ0v) is 11.6. The Kier molecular flexibility index (Phi) is 4.96. The van der Waals surface area contributed by atoms with E-state index in [1.54, 1.807) is 18.2 Å². The molecule has 100 valence electrons. The van der Waals surface area contributed by atoms with Crippen LogP contribution in [0.4, 0.5) is 5.82 Å². The summed E-state index contributed by atoms with van der Waals surface area (Å²) in [6, 6.07) is 5.19. The standard InChI is InChI=1S/C13H19N3O.ClH/c1-9-6-7-16(8-10(9)2)13(17)11-4-3-5-12(14)15-11;/h3-5,9-10H,6-8H2,1-2H3,(H2,14,15);1H. The fourth-order valence-electron chi connectivity index (χ4n) is 2.18. The number of nitrogens with zero attached hydrogens (tertiary/aromatic N) is 2. The van der Waals surface area contributed by atoms with Crippen molar-refractivity contribution in [3.8, 4) is 0 Å². The molecule has 0 aliphatic carbocycles. The summed E-state index contributed by atoms with van der Waals surface area (Å²) in [5.41, 5.74) is 6.04. The quantitative estimate of drug-likeness (QED) is 0.850. The minimum atomic E-state index is -0.00366. The number of anilines is 1. The van der Waals surface area contributed by atoms with E-state index in [9.17, 15) is 4.79 Å². The van der Waals surface area contributed by atoms with Gasteiger partial charge < -0.3 is 10.6 Å². The highest BCUT2D eigenvalue weighted by Gasteiger charge is 2.26. The minimum absolute atomic E-state index is 0. The van der Waals surface area contributed by atoms with Gasteiger partial charge >= 0.3 is 0 Å². The molecule has 2 atom stereocenters. The van der Waals surface area contributed by atoms with Crippen molar-refractivity contribution in [1.82, 2.24) is 9.88 Å². The first-order chi connectivity index (χ1) is 8.08. The van der Waals surface area contributed by atoms with E-state index in [1.807, 2.05) is 4.90 Å². The van der Waals surface area contributed by atoms with Crippen molar-refractivity contribution in [3.63, 3.8) is 0 Å². The number of rotatable bonds is 1. The van der Waals surface area contributed by atoms with E-state index in [1.165, 1.54) is 0 Å². The summed E-state index contributed by atoms with van der Waals surface area (Å²) >= 11 is 0. The summed E-state index contributed by atoms with van der Waals surface area (Å²) in [7, 11) is 0. The number of hydrogen-bond acceptors (Lipinski definition) is 3. The van der Waals surface area contributed by atoms with Gasteiger partial charge in [0.15, 0.2) is 0 Å². The SMILES string of the molecule is CC1CCN(C(=O)c2cccc(N)n2)CC1C.Cl. The number of carbonyl (C=O) groups is 1. The van der Waals surface area contributed by atoms with Crippen LogP contribution in [0.15, 0.2) is 18.2 Å². The Hall–Kier alpha value is -1.29. The summed E-state index contributed by atoms with van der Waals surface area (Å²) in [6.45, 7) is 6.07. The highest BCUT2D eigenvalue weighted by molar-refractivity contribution is 5.92. The third-order valence-corrected chi connectivity index (χ3v) is 3.61. The number of nitrogen functional groups attached to an aromatic ring is 1. The van der Waals surface area contributed by atoms with Gasteiger partial charge in [-0.25, -0.2) is 4.98 Å². The summed E-state index contributed by atoms with van der Waals surface area (Å²) in [6.07, 6.45) is 1.06. The molecule has 1 aliphatic heterocycles. The van der Waals surface area contributed by atoms with Gasteiger partial charge in [0.1, 0.15) is 11.5 Å². The van der Waals surface area contributed by atoms with Gasteiger partial charge in [-0.15, -0.1) is 12.4 Å². The summed E-state index contributed by atoms with van der Waals surface area (Å²) in [5, 5.41) is 0. The van der Waals surface area contributed by atoms with Crippen molar-refractivity contribution in [2.45, 2.75) is 20.3 Å². The van der Waals surface area contributed by atoms with Crippen LogP contribution in [-0.2, 0) is 0 Å². The van der Waals surface area contributed by atoms with E-state index in [0.29, 0.717) is 23.3 Å². The molecular formula is C13H20ClN3O. The molecule has 0 radical (unpaired) electrons. The van der Waals surface area contributed by atoms with Gasteiger partial charge in [0.25, 0.3) is 5.91 Å². The van der Waals surface area contributed by atoms with E-state index in [2.05, 4.69) is 18.8 Å². The number of hydrogen-bond donors (Lipinski definition) is 1. The van der Waals surface area contributed by atoms with Gasteiger partial charge in [-0.3, -0.25) is 4.79 Å². The molecule has 0 saturated carbocycles. The first-order valence-corrected chi connectivity index (χ1v) is 6.09. The van der Waals surface area contributed by atoms with E-state index >= 15 is 0 Å². The molecule has 0 spiro atoms. The van der Waals surface area contributed by atoms with Crippen LogP contribution in [0.5, 0.6) is 0 Å². The number of piperidine rings is 1. The number of amides is 1. The van der Waals surface area contributed by atoms with Crippen LogP contribution in [0, 0.1) is 11.8 Å². The summed E-state index contributed by atoms with van der Waals surface area (Å²) < 4.78 is 0. The van der Waals surface area contributed by atoms with Crippen LogP contribution in [-0.4, -0.2) is 28.9 Å². The van der Waals surface area contributed by atoms with Crippen molar-refractivity contribution < 1.29 is 4.79 Å². The Bertz CT molecular complexity index is 424. The number of aromatic nitrogens is 1. The molecule has 1 aliphatic rings. The Morgan fingerprint density at radius 2 is 2.11 bits per heavy atom. The average Bonchev–Trinajstić information content (AvgIpc) is 2.32. The van der Waals surface area contributed by atoms with Crippen molar-refractivity contribution >= 4 is 24.1 Å². The van der Waals surface area contributed by atoms with Crippen molar-refractivity contribution in [2.75, 3.05) is 18.8 Å². The smallest absolute Gasteiger partial charge is 0.272 e. The lowest BCUT2D eigenvalue weighted by Crippen LogP contribution is -2.42. The number of nitrogens with two attached hydrogens (primary N) is 1. The Labute approximate surface area is 114 Å². The van der Waals surface area contributed by atoms with Gasteiger partial charge in [-0.05, 0) is 30.4 Å². The second-order valence-electron chi connectivity index (χ2n) is 4.94. The van der Waals surface area contributed by atoms with Crippen molar-refractivity contribution in [2.24, 2.45) is 11.8 Å². The molecule has 2 unspecified atom stereocenters. The van der Waals surface area contributed by atoms with Crippen LogP contribution in [0.1, 0.15) is 30.8 Å². The topological polar surface area (TPSA) is 59.2 Å². The molecule has 2 N–H and O–H groups in total. The van der Waals surface area contributed by atoms with Gasteiger partial charge in [0, 0.05) is 13.1 Å². The number of carbonyl (C=O) groups excluding carboxylic acids is 1. The van der Waals surface area contributed by atoms with E-state index < -0.39 is 0 Å². The zero-order valence-electron chi connectivity index (χ0n) is 10.8. The maximum atomic E-state index is 12.2. The van der Waals surface area contributed by atoms with Crippen molar-refractivity contribution in [3.05, 3.63) is 23.9 Å². The maximum absolute atomic E-state index is 12.2. The lowest BCUT2D eigenvalue weighted by molar-refractivity contribution is 0.0622. The third kappa shape index (κ3) is 3.13. The second-order valence-corrected chi connectivity index (χ2v) is 4.94. The minimum Gasteiger partial charge on any atom is -0.384 e. The van der Waals surface area contributed by atoms with E-state index in [-0.39, 0.29) is 18.3 Å². The molecule has 1 aromatic heterocycles. The van der Waals surface area contributed by atoms with Crippen molar-refractivity contribution in [1.29, 1.82) is 0 Å². The molecule has 2 heterocycles. The largest absolute Gasteiger partial charge is 0.384 e. The lowest BCUT2D eigenvalue weighted by Gasteiger charge is -2.35. The highest BCUT2D eigenvalue weighted by atomic mass is 35.5. The molecule has 1 saturated heterocycles. The fourth-order valence-corrected chi connectivity index (χ4v) is 2.18. The Morgan fingerprint density at radius 3 is 2.72 bits per heavy atom. The predicted octanol–water partition coefficient (Wildman–Crippen LogP) is 2.20. The monoisotopic (exact) mass is 269 g/mol. The molecule has 0 bridgehead atoms. The molecule has 18 heavy (non-hydrogen) atoms. The Morgan fingerprint density at radius 1 is 1.39 bits per heavy atom. The molecule has 1 fully saturated rings. The first-order valence-electron chi connectivity index (χ1n) is 6.09. The van der Waals surface area contributed by atoms with Crippen LogP contribution in [0.2, 0.25) is 0 Å². The molecule has 0 aromatic carbocycles. The van der Waals surface area contributed by atoms with Gasteiger partial charge in [-0.2, -0.15) is 0 Å². The molecule has 2 rings (SSSR count). The van der Waals surface area contributed by atoms with E-state index in [4.69, 9.17) is 5.73 Å². The van der Waals surface area contributed by atoms with Crippen LogP contribution >= 0.6 is 12.4 Å². The van der Waals surface area contributed by atoms with Crippen LogP contribution in [0.3, 0.4) is 0 Å². The Balaban J connectivity index is 0.00000162. The van der Waals surface area contributed by atoms with Gasteiger partial charge in [0.05, 0.1) is 0 Å². The molecular weight excluding hydrogens is 250 g/mol. The molecule has 1 amide bonds. The van der Waals surface area contributed by atoms with Crippen LogP contribution < -0.4 is 5.73 Å². The molecule has 4 nitrogen and oxygen atoms in total. The number of likely N-dealkylation sites (tertiary alicyclic amines) is 1. The third-order valence-electron chi connectivity index (χ3n) is 3.61. The zero-order chi connectivity index (χ0) is 12.4. The van der Waals surface area contributed by atoms with E-state index in [0.717, 1.165) is 19.5 Å².